The molecule has 0 radical (unpaired) electrons. The molecule has 2 saturated heterocycles. The largest absolute Gasteiger partial charge is 0.299 e. The lowest BCUT2D eigenvalue weighted by atomic mass is 9.95. The Morgan fingerprint density at radius 2 is 1.70 bits per heavy atom. The van der Waals surface area contributed by atoms with Crippen LogP contribution in [0.5, 0.6) is 0 Å². The van der Waals surface area contributed by atoms with Crippen LogP contribution in [0.15, 0.2) is 30.3 Å². The van der Waals surface area contributed by atoms with E-state index in [1.165, 1.54) is 57.3 Å². The second-order valence-corrected chi connectivity index (χ2v) is 6.58. The average molecular weight is 272 g/mol. The van der Waals surface area contributed by atoms with E-state index in [9.17, 15) is 0 Å². The van der Waals surface area contributed by atoms with Gasteiger partial charge in [-0.2, -0.15) is 0 Å². The average Bonchev–Trinajstić information content (AvgIpc) is 2.50. The van der Waals surface area contributed by atoms with Crippen LogP contribution in [-0.4, -0.2) is 41.5 Å². The van der Waals surface area contributed by atoms with E-state index < -0.39 is 0 Å². The molecule has 0 unspecified atom stereocenters. The molecule has 1 aromatic rings. The van der Waals surface area contributed by atoms with E-state index in [-0.39, 0.29) is 0 Å². The van der Waals surface area contributed by atoms with Crippen LogP contribution in [0.25, 0.3) is 0 Å². The number of hydrogen-bond donors (Lipinski definition) is 0. The third-order valence-electron chi connectivity index (χ3n) is 5.13. The third-order valence-corrected chi connectivity index (χ3v) is 5.13. The summed E-state index contributed by atoms with van der Waals surface area (Å²) in [6, 6.07) is 12.6. The molecular formula is C18H28N2. The number of rotatable bonds is 3. The Morgan fingerprint density at radius 3 is 2.40 bits per heavy atom. The van der Waals surface area contributed by atoms with Gasteiger partial charge in [0, 0.05) is 18.6 Å². The maximum absolute atomic E-state index is 2.79. The van der Waals surface area contributed by atoms with E-state index in [0.717, 1.165) is 18.6 Å². The molecule has 0 N–H and O–H groups in total. The zero-order chi connectivity index (χ0) is 13.8. The van der Waals surface area contributed by atoms with Crippen molar-refractivity contribution in [2.75, 3.05) is 19.6 Å². The first kappa shape index (κ1) is 14.1. The summed E-state index contributed by atoms with van der Waals surface area (Å²) in [6.07, 6.45) is 6.97. The van der Waals surface area contributed by atoms with E-state index in [2.05, 4.69) is 47.1 Å². The summed E-state index contributed by atoms with van der Waals surface area (Å²) in [5.74, 6) is 0. The number of likely N-dealkylation sites (tertiary alicyclic amines) is 2. The van der Waals surface area contributed by atoms with Crippen molar-refractivity contribution in [2.24, 2.45) is 0 Å². The van der Waals surface area contributed by atoms with Crippen molar-refractivity contribution in [3.63, 3.8) is 0 Å². The highest BCUT2D eigenvalue weighted by Crippen LogP contribution is 2.25. The van der Waals surface area contributed by atoms with Gasteiger partial charge in [-0.15, -0.1) is 0 Å². The third kappa shape index (κ3) is 3.42. The van der Waals surface area contributed by atoms with Gasteiger partial charge in [0.05, 0.1) is 0 Å². The van der Waals surface area contributed by atoms with E-state index in [4.69, 9.17) is 0 Å². The fraction of sp³-hybridized carbons (Fsp3) is 0.667. The van der Waals surface area contributed by atoms with Crippen molar-refractivity contribution >= 4 is 0 Å². The van der Waals surface area contributed by atoms with Crippen molar-refractivity contribution < 1.29 is 0 Å². The van der Waals surface area contributed by atoms with E-state index in [1.807, 2.05) is 0 Å². The Kier molecular flexibility index (Phi) is 4.74. The lowest BCUT2D eigenvalue weighted by Gasteiger charge is -2.43. The predicted molar refractivity (Wildman–Crippen MR) is 84.8 cm³/mol. The van der Waals surface area contributed by atoms with E-state index >= 15 is 0 Å². The summed E-state index contributed by atoms with van der Waals surface area (Å²) >= 11 is 0. The van der Waals surface area contributed by atoms with Crippen LogP contribution in [0.1, 0.15) is 44.6 Å². The standard InChI is InChI=1S/C18H28N2/c1-16-7-5-6-12-20(16)18-10-13-19(14-11-18)15-17-8-3-2-4-9-17/h2-4,8-9,16,18H,5-7,10-15H2,1H3/t16-/m0/s1. The summed E-state index contributed by atoms with van der Waals surface area (Å²) in [6.45, 7) is 7.43. The quantitative estimate of drug-likeness (QED) is 0.830. The highest BCUT2D eigenvalue weighted by Gasteiger charge is 2.28. The Labute approximate surface area is 123 Å². The van der Waals surface area contributed by atoms with Gasteiger partial charge < -0.3 is 0 Å². The Morgan fingerprint density at radius 1 is 0.950 bits per heavy atom. The molecule has 0 aliphatic carbocycles. The maximum Gasteiger partial charge on any atom is 0.0233 e. The predicted octanol–water partition coefficient (Wildman–Crippen LogP) is 3.53. The maximum atomic E-state index is 2.79. The monoisotopic (exact) mass is 272 g/mol. The first-order valence-corrected chi connectivity index (χ1v) is 8.35. The Bertz CT molecular complexity index is 395. The molecule has 2 aliphatic rings. The molecule has 1 atom stereocenters. The first-order valence-electron chi connectivity index (χ1n) is 8.35. The van der Waals surface area contributed by atoms with Crippen molar-refractivity contribution in [3.8, 4) is 0 Å². The molecule has 0 saturated carbocycles. The minimum absolute atomic E-state index is 0.814. The van der Waals surface area contributed by atoms with Gasteiger partial charge in [-0.25, -0.2) is 0 Å². The molecule has 2 nitrogen and oxygen atoms in total. The molecule has 2 aliphatic heterocycles. The molecule has 3 rings (SSSR count). The first-order chi connectivity index (χ1) is 9.83. The fourth-order valence-electron chi connectivity index (χ4n) is 3.91. The van der Waals surface area contributed by atoms with Crippen LogP contribution >= 0.6 is 0 Å². The Balaban J connectivity index is 1.49. The molecule has 0 amide bonds. The second-order valence-electron chi connectivity index (χ2n) is 6.58. The normalized spacial score (nSPS) is 26.8. The van der Waals surface area contributed by atoms with Gasteiger partial charge >= 0.3 is 0 Å². The van der Waals surface area contributed by atoms with Crippen molar-refractivity contribution in [1.82, 2.24) is 9.80 Å². The smallest absolute Gasteiger partial charge is 0.0233 e. The number of nitrogens with zero attached hydrogens (tertiary/aromatic N) is 2. The fourth-order valence-corrected chi connectivity index (χ4v) is 3.91. The van der Waals surface area contributed by atoms with Crippen LogP contribution in [-0.2, 0) is 6.54 Å². The molecule has 0 bridgehead atoms. The molecule has 2 heterocycles. The van der Waals surface area contributed by atoms with Crippen LogP contribution < -0.4 is 0 Å². The number of benzene rings is 1. The van der Waals surface area contributed by atoms with E-state index in [0.29, 0.717) is 0 Å². The molecule has 2 heteroatoms. The van der Waals surface area contributed by atoms with Crippen LogP contribution in [0.2, 0.25) is 0 Å². The van der Waals surface area contributed by atoms with Gasteiger partial charge in [-0.05, 0) is 57.8 Å². The van der Waals surface area contributed by atoms with Crippen molar-refractivity contribution in [3.05, 3.63) is 35.9 Å². The molecule has 0 aromatic heterocycles. The number of piperidine rings is 2. The van der Waals surface area contributed by atoms with E-state index in [1.54, 1.807) is 0 Å². The zero-order valence-electron chi connectivity index (χ0n) is 12.8. The van der Waals surface area contributed by atoms with Gasteiger partial charge in [0.15, 0.2) is 0 Å². The van der Waals surface area contributed by atoms with Crippen LogP contribution in [0.4, 0.5) is 0 Å². The summed E-state index contributed by atoms with van der Waals surface area (Å²) < 4.78 is 0. The number of hydrogen-bond acceptors (Lipinski definition) is 2. The zero-order valence-corrected chi connectivity index (χ0v) is 12.8. The summed E-state index contributed by atoms with van der Waals surface area (Å²) in [4.78, 5) is 5.42. The molecular weight excluding hydrogens is 244 g/mol. The SMILES string of the molecule is C[C@H]1CCCCN1C1CCN(Cc2ccccc2)CC1. The van der Waals surface area contributed by atoms with Crippen molar-refractivity contribution in [1.29, 1.82) is 0 Å². The van der Waals surface area contributed by atoms with Gasteiger partial charge in [0.2, 0.25) is 0 Å². The van der Waals surface area contributed by atoms with Gasteiger partial charge in [0.1, 0.15) is 0 Å². The Hall–Kier alpha value is -0.860. The minimum Gasteiger partial charge on any atom is -0.299 e. The van der Waals surface area contributed by atoms with Gasteiger partial charge in [-0.3, -0.25) is 9.80 Å². The van der Waals surface area contributed by atoms with Gasteiger partial charge in [-0.1, -0.05) is 36.8 Å². The second kappa shape index (κ2) is 6.73. The topological polar surface area (TPSA) is 6.48 Å². The minimum atomic E-state index is 0.814. The summed E-state index contributed by atoms with van der Waals surface area (Å²) in [5, 5.41) is 0. The molecule has 2 fully saturated rings. The highest BCUT2D eigenvalue weighted by atomic mass is 15.2. The highest BCUT2D eigenvalue weighted by molar-refractivity contribution is 5.14. The van der Waals surface area contributed by atoms with Crippen LogP contribution in [0, 0.1) is 0 Å². The van der Waals surface area contributed by atoms with Crippen molar-refractivity contribution in [2.45, 2.75) is 57.7 Å². The molecule has 0 spiro atoms. The van der Waals surface area contributed by atoms with Crippen LogP contribution in [0.3, 0.4) is 0 Å². The lowest BCUT2D eigenvalue weighted by Crippen LogP contribution is -2.49. The summed E-state index contributed by atoms with van der Waals surface area (Å²) in [5.41, 5.74) is 1.46. The molecule has 20 heavy (non-hydrogen) atoms. The van der Waals surface area contributed by atoms with Gasteiger partial charge in [0.25, 0.3) is 0 Å². The molecule has 1 aromatic carbocycles. The molecule has 110 valence electrons. The summed E-state index contributed by atoms with van der Waals surface area (Å²) in [7, 11) is 0. The lowest BCUT2D eigenvalue weighted by molar-refractivity contribution is 0.0555.